The molecule has 2 heterocycles. The molecular weight excluding hydrogens is 813 g/mol. The lowest BCUT2D eigenvalue weighted by Crippen LogP contribution is -2.10. The largest absolute Gasteiger partial charge is 0.455 e. The molecule has 0 aliphatic heterocycles. The van der Waals surface area contributed by atoms with Crippen LogP contribution in [0.1, 0.15) is 0 Å². The minimum Gasteiger partial charge on any atom is -0.455 e. The molecular formula is C64H42N2O. The molecule has 0 amide bonds. The molecule has 13 aromatic rings. The third kappa shape index (κ3) is 6.59. The van der Waals surface area contributed by atoms with E-state index in [1.807, 2.05) is 12.1 Å². The second-order valence-corrected chi connectivity index (χ2v) is 17.3. The van der Waals surface area contributed by atoms with Crippen LogP contribution in [0, 0.1) is 0 Å². The molecule has 13 rings (SSSR count). The molecule has 0 spiro atoms. The molecule has 0 saturated carbocycles. The van der Waals surface area contributed by atoms with E-state index >= 15 is 0 Å². The first-order chi connectivity index (χ1) is 33.2. The molecule has 0 N–H and O–H groups in total. The number of benzene rings is 11. The minimum absolute atomic E-state index is 0.911. The van der Waals surface area contributed by atoms with Gasteiger partial charge in [-0.1, -0.05) is 200 Å². The molecule has 2 aromatic heterocycles. The monoisotopic (exact) mass is 854 g/mol. The van der Waals surface area contributed by atoms with Gasteiger partial charge in [-0.05, 0) is 93.4 Å². The van der Waals surface area contributed by atoms with Crippen molar-refractivity contribution in [3.63, 3.8) is 0 Å². The van der Waals surface area contributed by atoms with Gasteiger partial charge in [-0.2, -0.15) is 0 Å². The molecule has 67 heavy (non-hydrogen) atoms. The Bertz CT molecular complexity index is 3900. The quantitative estimate of drug-likeness (QED) is 0.152. The second kappa shape index (κ2) is 16.0. The van der Waals surface area contributed by atoms with Gasteiger partial charge in [0.15, 0.2) is 0 Å². The highest BCUT2D eigenvalue weighted by atomic mass is 16.3. The third-order valence-electron chi connectivity index (χ3n) is 13.4. The number of anilines is 3. The lowest BCUT2D eigenvalue weighted by molar-refractivity contribution is 0.670. The van der Waals surface area contributed by atoms with Crippen molar-refractivity contribution < 1.29 is 4.42 Å². The van der Waals surface area contributed by atoms with E-state index in [2.05, 4.69) is 252 Å². The minimum atomic E-state index is 0.911. The lowest BCUT2D eigenvalue weighted by atomic mass is 9.97. The van der Waals surface area contributed by atoms with Crippen LogP contribution in [-0.2, 0) is 0 Å². The summed E-state index contributed by atoms with van der Waals surface area (Å²) in [5, 5.41) is 7.16. The maximum absolute atomic E-state index is 6.38. The van der Waals surface area contributed by atoms with E-state index in [-0.39, 0.29) is 0 Å². The number of rotatable bonds is 8. The molecule has 0 bridgehead atoms. The zero-order valence-electron chi connectivity index (χ0n) is 36.6. The van der Waals surface area contributed by atoms with E-state index < -0.39 is 0 Å². The van der Waals surface area contributed by atoms with Gasteiger partial charge in [-0.15, -0.1) is 0 Å². The Balaban J connectivity index is 0.893. The van der Waals surface area contributed by atoms with Gasteiger partial charge in [0, 0.05) is 49.4 Å². The van der Waals surface area contributed by atoms with E-state index in [1.54, 1.807) is 0 Å². The predicted molar refractivity (Wildman–Crippen MR) is 282 cm³/mol. The Hall–Kier alpha value is -8.92. The van der Waals surface area contributed by atoms with Crippen molar-refractivity contribution in [2.75, 3.05) is 4.90 Å². The van der Waals surface area contributed by atoms with Crippen molar-refractivity contribution >= 4 is 71.6 Å². The van der Waals surface area contributed by atoms with Crippen molar-refractivity contribution in [1.29, 1.82) is 0 Å². The molecule has 3 nitrogen and oxygen atoms in total. The summed E-state index contributed by atoms with van der Waals surface area (Å²) in [5.41, 5.74) is 17.9. The van der Waals surface area contributed by atoms with Gasteiger partial charge in [0.05, 0.1) is 22.4 Å². The maximum atomic E-state index is 6.38. The molecule has 0 radical (unpaired) electrons. The third-order valence-corrected chi connectivity index (χ3v) is 13.4. The second-order valence-electron chi connectivity index (χ2n) is 17.3. The zero-order chi connectivity index (χ0) is 44.3. The summed E-state index contributed by atoms with van der Waals surface area (Å²) >= 11 is 0. The fourth-order valence-corrected chi connectivity index (χ4v) is 10.2. The summed E-state index contributed by atoms with van der Waals surface area (Å²) in [6.07, 6.45) is 0. The summed E-state index contributed by atoms with van der Waals surface area (Å²) < 4.78 is 8.82. The standard InChI is InChI=1S/C64H42N2O/c1-2-14-43(15-3-1)49-36-41-53(62(42-49)66-60-24-9-6-19-55(60)56-20-7-10-25-61(56)66)47-34-39-51(40-35-47)65(59-26-12-17-46-16-4-5-18-52(46)59)50-37-32-45(33-38-50)44-28-30-48(31-29-44)54-22-13-23-58-57-21-8-11-27-63(57)67-64(54)58/h1-42H. The fourth-order valence-electron chi connectivity index (χ4n) is 10.2. The number of aromatic nitrogens is 1. The average Bonchev–Trinajstić information content (AvgIpc) is 3.96. The highest BCUT2D eigenvalue weighted by Crippen LogP contribution is 2.43. The van der Waals surface area contributed by atoms with Crippen molar-refractivity contribution in [3.05, 3.63) is 255 Å². The molecule has 314 valence electrons. The van der Waals surface area contributed by atoms with Crippen LogP contribution in [0.2, 0.25) is 0 Å². The van der Waals surface area contributed by atoms with E-state index in [0.29, 0.717) is 0 Å². The molecule has 11 aromatic carbocycles. The number of furan rings is 1. The van der Waals surface area contributed by atoms with Crippen LogP contribution in [0.3, 0.4) is 0 Å². The van der Waals surface area contributed by atoms with Crippen LogP contribution in [0.4, 0.5) is 17.1 Å². The highest BCUT2D eigenvalue weighted by Gasteiger charge is 2.20. The maximum Gasteiger partial charge on any atom is 0.143 e. The zero-order valence-corrected chi connectivity index (χ0v) is 36.6. The van der Waals surface area contributed by atoms with Crippen LogP contribution in [0.15, 0.2) is 259 Å². The lowest BCUT2D eigenvalue weighted by Gasteiger charge is -2.27. The van der Waals surface area contributed by atoms with Crippen LogP contribution in [-0.4, -0.2) is 4.57 Å². The summed E-state index contributed by atoms with van der Waals surface area (Å²) in [6.45, 7) is 0. The number of para-hydroxylation sites is 4. The SMILES string of the molecule is c1ccc(-c2ccc(-c3ccc(N(c4ccc(-c5ccc(-c6cccc7c6oc6ccccc67)cc5)cc4)c4cccc5ccccc45)cc3)c(-n3c4ccccc4c4ccccc43)c2)cc1. The van der Waals surface area contributed by atoms with E-state index in [0.717, 1.165) is 72.5 Å². The predicted octanol–water partition coefficient (Wildman–Crippen LogP) is 18.0. The highest BCUT2D eigenvalue weighted by molar-refractivity contribution is 6.11. The number of hydrogen-bond acceptors (Lipinski definition) is 2. The summed E-state index contributed by atoms with van der Waals surface area (Å²) in [4.78, 5) is 2.39. The Morgan fingerprint density at radius 3 is 1.52 bits per heavy atom. The molecule has 0 unspecified atom stereocenters. The Kier molecular flexibility index (Phi) is 9.17. The van der Waals surface area contributed by atoms with Crippen LogP contribution in [0.5, 0.6) is 0 Å². The van der Waals surface area contributed by atoms with Crippen LogP contribution >= 0.6 is 0 Å². The Morgan fingerprint density at radius 2 is 0.806 bits per heavy atom. The van der Waals surface area contributed by atoms with Crippen molar-refractivity contribution in [2.45, 2.75) is 0 Å². The first kappa shape index (κ1) is 38.5. The Labute approximate surface area is 388 Å². The topological polar surface area (TPSA) is 21.3 Å². The van der Waals surface area contributed by atoms with Crippen molar-refractivity contribution in [2.24, 2.45) is 0 Å². The molecule has 0 atom stereocenters. The number of fused-ring (bicyclic) bond motifs is 7. The average molecular weight is 855 g/mol. The summed E-state index contributed by atoms with van der Waals surface area (Å²) in [7, 11) is 0. The van der Waals surface area contributed by atoms with Crippen LogP contribution < -0.4 is 4.90 Å². The van der Waals surface area contributed by atoms with Crippen molar-refractivity contribution in [3.8, 4) is 50.2 Å². The molecule has 3 heteroatoms. The molecule has 0 fully saturated rings. The van der Waals surface area contributed by atoms with Crippen molar-refractivity contribution in [1.82, 2.24) is 4.57 Å². The normalized spacial score (nSPS) is 11.6. The first-order valence-corrected chi connectivity index (χ1v) is 22.9. The molecule has 0 aliphatic carbocycles. The van der Waals surface area contributed by atoms with Gasteiger partial charge < -0.3 is 13.9 Å². The molecule has 0 aliphatic rings. The van der Waals surface area contributed by atoms with Gasteiger partial charge in [-0.3, -0.25) is 0 Å². The van der Waals surface area contributed by atoms with Gasteiger partial charge in [0.1, 0.15) is 11.2 Å². The smallest absolute Gasteiger partial charge is 0.143 e. The summed E-state index contributed by atoms with van der Waals surface area (Å²) in [6, 6.07) is 91.9. The van der Waals surface area contributed by atoms with E-state index in [1.165, 1.54) is 49.3 Å². The van der Waals surface area contributed by atoms with Gasteiger partial charge in [-0.25, -0.2) is 0 Å². The summed E-state index contributed by atoms with van der Waals surface area (Å²) in [5.74, 6) is 0. The first-order valence-electron chi connectivity index (χ1n) is 22.9. The number of hydrogen-bond donors (Lipinski definition) is 0. The van der Waals surface area contributed by atoms with Gasteiger partial charge >= 0.3 is 0 Å². The van der Waals surface area contributed by atoms with Crippen LogP contribution in [0.25, 0.3) is 105 Å². The molecule has 0 saturated heterocycles. The fraction of sp³-hybridized carbons (Fsp3) is 0. The van der Waals surface area contributed by atoms with Gasteiger partial charge in [0.25, 0.3) is 0 Å². The Morgan fingerprint density at radius 1 is 0.313 bits per heavy atom. The van der Waals surface area contributed by atoms with E-state index in [4.69, 9.17) is 4.42 Å². The van der Waals surface area contributed by atoms with E-state index in [9.17, 15) is 0 Å². The number of nitrogens with zero attached hydrogens (tertiary/aromatic N) is 2. The van der Waals surface area contributed by atoms with Gasteiger partial charge in [0.2, 0.25) is 0 Å².